The molecule has 0 aliphatic rings. The van der Waals surface area contributed by atoms with Crippen LogP contribution in [-0.4, -0.2) is 47.0 Å². The van der Waals surface area contributed by atoms with Crippen molar-refractivity contribution in [3.8, 4) is 17.2 Å². The van der Waals surface area contributed by atoms with E-state index in [1.54, 1.807) is 11.0 Å². The molecule has 0 spiro atoms. The molecule has 2 aromatic carbocycles. The van der Waals surface area contributed by atoms with E-state index in [4.69, 9.17) is 14.5 Å². The second-order valence-electron chi connectivity index (χ2n) is 7.03. The number of nitrogens with one attached hydrogen (secondary N) is 2. The number of halogens is 1. The van der Waals surface area contributed by atoms with Gasteiger partial charge in [-0.15, -0.1) is 24.0 Å². The normalized spacial score (nSPS) is 10.9. The summed E-state index contributed by atoms with van der Waals surface area (Å²) < 4.78 is 13.1. The van der Waals surface area contributed by atoms with E-state index < -0.39 is 0 Å². The molecule has 178 valence electrons. The molecule has 0 atom stereocenters. The molecule has 0 fully saturated rings. The maximum atomic E-state index is 5.73. The molecule has 0 aliphatic heterocycles. The second-order valence-corrected chi connectivity index (χ2v) is 7.03. The van der Waals surface area contributed by atoms with Gasteiger partial charge in [-0.25, -0.2) is 14.7 Å². The minimum absolute atomic E-state index is 0. The Kier molecular flexibility index (Phi) is 11.5. The van der Waals surface area contributed by atoms with Crippen LogP contribution in [0.1, 0.15) is 31.9 Å². The predicted octanol–water partition coefficient (Wildman–Crippen LogP) is 3.98. The topological polar surface area (TPSA) is 85.6 Å². The Morgan fingerprint density at radius 3 is 2.33 bits per heavy atom. The maximum absolute atomic E-state index is 5.73. The van der Waals surface area contributed by atoms with Crippen molar-refractivity contribution in [3.63, 3.8) is 0 Å². The summed E-state index contributed by atoms with van der Waals surface area (Å²) in [4.78, 5) is 8.69. The van der Waals surface area contributed by atoms with E-state index >= 15 is 0 Å². The van der Waals surface area contributed by atoms with E-state index in [-0.39, 0.29) is 24.0 Å². The Morgan fingerprint density at radius 1 is 0.939 bits per heavy atom. The summed E-state index contributed by atoms with van der Waals surface area (Å²) in [6, 6.07) is 14.3. The summed E-state index contributed by atoms with van der Waals surface area (Å²) in [6.07, 6.45) is 4.06. The van der Waals surface area contributed by atoms with Gasteiger partial charge < -0.3 is 20.1 Å². The van der Waals surface area contributed by atoms with Crippen LogP contribution in [0.2, 0.25) is 0 Å². The van der Waals surface area contributed by atoms with Crippen LogP contribution in [0.15, 0.2) is 60.1 Å². The highest BCUT2D eigenvalue weighted by atomic mass is 127. The standard InChI is InChI=1S/C24H32N6O2.HI/c1-4-26-24(28-16-20-7-10-21(11-8-20)30-18-25-17-29-30)27-14-13-19-9-12-22(31-5-2)23(15-19)32-6-3;/h7-12,15,17-18H,4-6,13-14,16H2,1-3H3,(H2,26,27,28);1H. The summed E-state index contributed by atoms with van der Waals surface area (Å²) in [5.74, 6) is 2.38. The molecule has 0 bridgehead atoms. The van der Waals surface area contributed by atoms with Crippen LogP contribution in [0.3, 0.4) is 0 Å². The number of benzene rings is 2. The number of aliphatic imine (C=N–C) groups is 1. The van der Waals surface area contributed by atoms with Gasteiger partial charge in [0.25, 0.3) is 0 Å². The Labute approximate surface area is 212 Å². The van der Waals surface area contributed by atoms with Gasteiger partial charge in [0.1, 0.15) is 12.7 Å². The second kappa shape index (κ2) is 14.4. The van der Waals surface area contributed by atoms with Crippen LogP contribution in [0.4, 0.5) is 0 Å². The molecule has 0 saturated carbocycles. The van der Waals surface area contributed by atoms with Crippen LogP contribution in [-0.2, 0) is 13.0 Å². The molecule has 0 unspecified atom stereocenters. The lowest BCUT2D eigenvalue weighted by Crippen LogP contribution is -2.38. The Balaban J connectivity index is 0.00000385. The van der Waals surface area contributed by atoms with Crippen LogP contribution >= 0.6 is 24.0 Å². The van der Waals surface area contributed by atoms with E-state index in [0.717, 1.165) is 48.2 Å². The van der Waals surface area contributed by atoms with E-state index in [1.165, 1.54) is 11.9 Å². The summed E-state index contributed by atoms with van der Waals surface area (Å²) >= 11 is 0. The molecule has 0 aliphatic carbocycles. The Morgan fingerprint density at radius 2 is 1.67 bits per heavy atom. The molecule has 2 N–H and O–H groups in total. The quantitative estimate of drug-likeness (QED) is 0.208. The SMILES string of the molecule is CCNC(=NCc1ccc(-n2cncn2)cc1)NCCc1ccc(OCC)c(OCC)c1.I. The van der Waals surface area contributed by atoms with Crippen LogP contribution in [0.5, 0.6) is 11.5 Å². The lowest BCUT2D eigenvalue weighted by Gasteiger charge is -2.14. The van der Waals surface area contributed by atoms with Crippen molar-refractivity contribution in [3.05, 3.63) is 66.2 Å². The average Bonchev–Trinajstić information content (AvgIpc) is 3.35. The molecule has 0 radical (unpaired) electrons. The number of ether oxygens (including phenoxy) is 2. The zero-order chi connectivity index (χ0) is 22.6. The molecular weight excluding hydrogens is 531 g/mol. The lowest BCUT2D eigenvalue weighted by atomic mass is 10.1. The average molecular weight is 564 g/mol. The van der Waals surface area contributed by atoms with Crippen molar-refractivity contribution in [2.45, 2.75) is 33.7 Å². The monoisotopic (exact) mass is 564 g/mol. The number of aromatic nitrogens is 3. The van der Waals surface area contributed by atoms with Crippen molar-refractivity contribution in [1.29, 1.82) is 0 Å². The van der Waals surface area contributed by atoms with Crippen molar-refractivity contribution < 1.29 is 9.47 Å². The zero-order valence-corrected chi connectivity index (χ0v) is 21.8. The van der Waals surface area contributed by atoms with Crippen LogP contribution in [0.25, 0.3) is 5.69 Å². The third kappa shape index (κ3) is 8.23. The molecule has 33 heavy (non-hydrogen) atoms. The third-order valence-corrected chi connectivity index (χ3v) is 4.70. The minimum Gasteiger partial charge on any atom is -0.490 e. The van der Waals surface area contributed by atoms with Crippen molar-refractivity contribution >= 4 is 29.9 Å². The van der Waals surface area contributed by atoms with Gasteiger partial charge in [-0.05, 0) is 62.6 Å². The first-order chi connectivity index (χ1) is 15.7. The highest BCUT2D eigenvalue weighted by Gasteiger charge is 2.07. The van der Waals surface area contributed by atoms with Gasteiger partial charge in [0.2, 0.25) is 0 Å². The number of guanidine groups is 1. The highest BCUT2D eigenvalue weighted by molar-refractivity contribution is 14.0. The number of hydrogen-bond acceptors (Lipinski definition) is 5. The number of hydrogen-bond donors (Lipinski definition) is 2. The predicted molar refractivity (Wildman–Crippen MR) is 142 cm³/mol. The lowest BCUT2D eigenvalue weighted by molar-refractivity contribution is 0.287. The van der Waals surface area contributed by atoms with E-state index in [0.29, 0.717) is 19.8 Å². The molecule has 0 saturated heterocycles. The number of nitrogens with zero attached hydrogens (tertiary/aromatic N) is 4. The molecule has 8 nitrogen and oxygen atoms in total. The third-order valence-electron chi connectivity index (χ3n) is 4.70. The largest absolute Gasteiger partial charge is 0.490 e. The van der Waals surface area contributed by atoms with Gasteiger partial charge in [0.05, 0.1) is 25.4 Å². The summed E-state index contributed by atoms with van der Waals surface area (Å²) in [6.45, 7) is 9.39. The highest BCUT2D eigenvalue weighted by Crippen LogP contribution is 2.28. The summed E-state index contributed by atoms with van der Waals surface area (Å²) in [5, 5.41) is 10.9. The van der Waals surface area contributed by atoms with Gasteiger partial charge in [-0.1, -0.05) is 18.2 Å². The fraction of sp³-hybridized carbons (Fsp3) is 0.375. The van der Waals surface area contributed by atoms with Crippen LogP contribution < -0.4 is 20.1 Å². The number of rotatable bonds is 11. The van der Waals surface area contributed by atoms with Gasteiger partial charge in [-0.3, -0.25) is 0 Å². The minimum atomic E-state index is 0. The van der Waals surface area contributed by atoms with Gasteiger partial charge >= 0.3 is 0 Å². The molecular formula is C24H33IN6O2. The maximum Gasteiger partial charge on any atom is 0.191 e. The molecule has 9 heteroatoms. The Hall–Kier alpha value is -2.82. The first-order valence-electron chi connectivity index (χ1n) is 11.1. The molecule has 3 rings (SSSR count). The molecule has 3 aromatic rings. The summed E-state index contributed by atoms with van der Waals surface area (Å²) in [7, 11) is 0. The van der Waals surface area contributed by atoms with Crippen molar-refractivity contribution in [2.24, 2.45) is 4.99 Å². The van der Waals surface area contributed by atoms with Crippen molar-refractivity contribution in [1.82, 2.24) is 25.4 Å². The van der Waals surface area contributed by atoms with E-state index in [2.05, 4.69) is 51.9 Å². The molecule has 1 heterocycles. The van der Waals surface area contributed by atoms with Gasteiger partial charge in [0, 0.05) is 13.1 Å². The van der Waals surface area contributed by atoms with Crippen molar-refractivity contribution in [2.75, 3.05) is 26.3 Å². The first-order valence-corrected chi connectivity index (χ1v) is 11.1. The summed E-state index contributed by atoms with van der Waals surface area (Å²) in [5.41, 5.74) is 3.28. The molecule has 0 amide bonds. The van der Waals surface area contributed by atoms with Crippen LogP contribution in [0, 0.1) is 0 Å². The Bertz CT molecular complexity index is 977. The zero-order valence-electron chi connectivity index (χ0n) is 19.5. The molecule has 1 aromatic heterocycles. The fourth-order valence-electron chi connectivity index (χ4n) is 3.18. The van der Waals surface area contributed by atoms with E-state index in [9.17, 15) is 0 Å². The smallest absolute Gasteiger partial charge is 0.191 e. The van der Waals surface area contributed by atoms with E-state index in [1.807, 2.05) is 32.0 Å². The van der Waals surface area contributed by atoms with Gasteiger partial charge in [0.15, 0.2) is 17.5 Å². The van der Waals surface area contributed by atoms with Gasteiger partial charge in [-0.2, -0.15) is 5.10 Å². The first kappa shape index (κ1) is 26.4. The fourth-order valence-corrected chi connectivity index (χ4v) is 3.18.